The van der Waals surface area contributed by atoms with Gasteiger partial charge in [0.25, 0.3) is 0 Å². The molecule has 1 aromatic carbocycles. The number of hydrogen-bond donors (Lipinski definition) is 2. The lowest BCUT2D eigenvalue weighted by Gasteiger charge is -2.10. The predicted octanol–water partition coefficient (Wildman–Crippen LogP) is 2.66. The Labute approximate surface area is 120 Å². The van der Waals surface area contributed by atoms with E-state index in [-0.39, 0.29) is 5.38 Å². The Kier molecular flexibility index (Phi) is 4.17. The number of rotatable bonds is 4. The average molecular weight is 301 g/mol. The zero-order valence-corrected chi connectivity index (χ0v) is 11.9. The Hall–Kier alpha value is -1.46. The quantitative estimate of drug-likeness (QED) is 0.852. The Balaban J connectivity index is 2.41. The number of aromatic nitrogens is 2. The second-order valence-corrected chi connectivity index (χ2v) is 5.20. The van der Waals surface area contributed by atoms with Crippen LogP contribution in [0.15, 0.2) is 18.2 Å². The van der Waals surface area contributed by atoms with E-state index in [1.54, 1.807) is 6.07 Å². The van der Waals surface area contributed by atoms with E-state index in [1.165, 1.54) is 0 Å². The minimum atomic E-state index is -0.553. The third-order valence-electron chi connectivity index (χ3n) is 2.75. The molecule has 0 spiro atoms. The van der Waals surface area contributed by atoms with Gasteiger partial charge in [-0.25, -0.2) is 9.78 Å². The number of para-hydroxylation sites is 1. The van der Waals surface area contributed by atoms with Crippen LogP contribution in [0.1, 0.15) is 18.1 Å². The summed E-state index contributed by atoms with van der Waals surface area (Å²) >= 11 is 12.3. The largest absolute Gasteiger partial charge is 0.352 e. The summed E-state index contributed by atoms with van der Waals surface area (Å²) in [5, 5.41) is 2.87. The average Bonchev–Trinajstić information content (AvgIpc) is 2.70. The third kappa shape index (κ3) is 2.93. The molecule has 0 saturated carbocycles. The number of benzene rings is 1. The standard InChI is InChI=1S/C12H14Cl2N4O/c1-7(13)11-17-10-8(14)3-2-4-9(10)18(11)6-5-16-12(15)19/h2-4,7H,5-6H2,1H3,(H3,15,16,19). The lowest BCUT2D eigenvalue weighted by Crippen LogP contribution is -2.32. The summed E-state index contributed by atoms with van der Waals surface area (Å²) in [6.45, 7) is 2.78. The van der Waals surface area contributed by atoms with Gasteiger partial charge in [0.15, 0.2) is 0 Å². The number of fused-ring (bicyclic) bond motifs is 1. The van der Waals surface area contributed by atoms with Gasteiger partial charge in [-0.2, -0.15) is 0 Å². The van der Waals surface area contributed by atoms with Crippen LogP contribution in [0.2, 0.25) is 5.02 Å². The van der Waals surface area contributed by atoms with Gasteiger partial charge in [-0.05, 0) is 19.1 Å². The van der Waals surface area contributed by atoms with E-state index in [4.69, 9.17) is 28.9 Å². The molecule has 0 fully saturated rings. The summed E-state index contributed by atoms with van der Waals surface area (Å²) in [5.41, 5.74) is 6.65. The minimum absolute atomic E-state index is 0.253. The van der Waals surface area contributed by atoms with E-state index in [2.05, 4.69) is 10.3 Å². The van der Waals surface area contributed by atoms with Gasteiger partial charge in [0.1, 0.15) is 11.3 Å². The smallest absolute Gasteiger partial charge is 0.312 e. The van der Waals surface area contributed by atoms with Crippen LogP contribution in [-0.2, 0) is 6.54 Å². The highest BCUT2D eigenvalue weighted by molar-refractivity contribution is 6.35. The summed E-state index contributed by atoms with van der Waals surface area (Å²) < 4.78 is 1.94. The van der Waals surface area contributed by atoms with Crippen molar-refractivity contribution in [3.8, 4) is 0 Å². The number of primary amides is 1. The first kappa shape index (κ1) is 14.0. The number of nitrogens with two attached hydrogens (primary N) is 1. The molecule has 0 aliphatic carbocycles. The van der Waals surface area contributed by atoms with Crippen LogP contribution >= 0.6 is 23.2 Å². The number of imidazole rings is 1. The van der Waals surface area contributed by atoms with Crippen LogP contribution in [-0.4, -0.2) is 22.1 Å². The maximum absolute atomic E-state index is 10.7. The molecular formula is C12H14Cl2N4O. The number of carbonyl (C=O) groups is 1. The van der Waals surface area contributed by atoms with Crippen LogP contribution in [0.4, 0.5) is 4.79 Å². The third-order valence-corrected chi connectivity index (χ3v) is 3.25. The number of halogens is 2. The van der Waals surface area contributed by atoms with E-state index in [1.807, 2.05) is 23.6 Å². The van der Waals surface area contributed by atoms with Gasteiger partial charge in [0, 0.05) is 13.1 Å². The van der Waals surface area contributed by atoms with Crippen molar-refractivity contribution in [3.63, 3.8) is 0 Å². The second kappa shape index (κ2) is 5.67. The van der Waals surface area contributed by atoms with Crippen molar-refractivity contribution in [2.45, 2.75) is 18.8 Å². The Morgan fingerprint density at radius 2 is 2.32 bits per heavy atom. The molecule has 7 heteroatoms. The summed E-state index contributed by atoms with van der Waals surface area (Å²) in [7, 11) is 0. The van der Waals surface area contributed by atoms with E-state index in [9.17, 15) is 4.79 Å². The second-order valence-electron chi connectivity index (χ2n) is 4.14. The normalized spacial score (nSPS) is 12.6. The molecule has 3 N–H and O–H groups in total. The molecule has 19 heavy (non-hydrogen) atoms. The number of nitrogens with zero attached hydrogens (tertiary/aromatic N) is 2. The van der Waals surface area contributed by atoms with Gasteiger partial charge in [-0.3, -0.25) is 0 Å². The number of hydrogen-bond acceptors (Lipinski definition) is 2. The molecule has 1 atom stereocenters. The monoisotopic (exact) mass is 300 g/mol. The summed E-state index contributed by atoms with van der Waals surface area (Å²) in [4.78, 5) is 15.2. The highest BCUT2D eigenvalue weighted by Gasteiger charge is 2.16. The maximum atomic E-state index is 10.7. The van der Waals surface area contributed by atoms with Crippen LogP contribution in [0.25, 0.3) is 11.0 Å². The molecule has 0 saturated heterocycles. The first-order chi connectivity index (χ1) is 9.00. The van der Waals surface area contributed by atoms with Crippen LogP contribution in [0.5, 0.6) is 0 Å². The van der Waals surface area contributed by atoms with E-state index >= 15 is 0 Å². The number of alkyl halides is 1. The first-order valence-electron chi connectivity index (χ1n) is 5.82. The zero-order valence-electron chi connectivity index (χ0n) is 10.4. The lowest BCUT2D eigenvalue weighted by molar-refractivity contribution is 0.248. The lowest BCUT2D eigenvalue weighted by atomic mass is 10.3. The van der Waals surface area contributed by atoms with Crippen molar-refractivity contribution in [2.75, 3.05) is 6.54 Å². The molecule has 5 nitrogen and oxygen atoms in total. The van der Waals surface area contributed by atoms with E-state index < -0.39 is 6.03 Å². The van der Waals surface area contributed by atoms with Crippen molar-refractivity contribution in [3.05, 3.63) is 29.0 Å². The molecule has 102 valence electrons. The molecule has 0 radical (unpaired) electrons. The molecule has 1 unspecified atom stereocenters. The highest BCUT2D eigenvalue weighted by atomic mass is 35.5. The predicted molar refractivity (Wildman–Crippen MR) is 76.6 cm³/mol. The van der Waals surface area contributed by atoms with Crippen molar-refractivity contribution in [2.24, 2.45) is 5.73 Å². The van der Waals surface area contributed by atoms with Gasteiger partial charge in [0.2, 0.25) is 0 Å². The van der Waals surface area contributed by atoms with Crippen LogP contribution < -0.4 is 11.1 Å². The van der Waals surface area contributed by atoms with Gasteiger partial charge in [-0.1, -0.05) is 17.7 Å². The Morgan fingerprint density at radius 1 is 1.58 bits per heavy atom. The SMILES string of the molecule is CC(Cl)c1nc2c(Cl)cccc2n1CCNC(N)=O. The van der Waals surface area contributed by atoms with Crippen molar-refractivity contribution >= 4 is 40.3 Å². The number of nitrogens with one attached hydrogen (secondary N) is 1. The fraction of sp³-hybridized carbons (Fsp3) is 0.333. The molecule has 0 bridgehead atoms. The van der Waals surface area contributed by atoms with Crippen molar-refractivity contribution < 1.29 is 4.79 Å². The number of amides is 2. The van der Waals surface area contributed by atoms with Gasteiger partial charge in [0.05, 0.1) is 15.9 Å². The van der Waals surface area contributed by atoms with Gasteiger partial charge in [-0.15, -0.1) is 11.6 Å². The number of urea groups is 1. The van der Waals surface area contributed by atoms with Crippen molar-refractivity contribution in [1.29, 1.82) is 0 Å². The molecule has 2 amide bonds. The van der Waals surface area contributed by atoms with Gasteiger partial charge >= 0.3 is 6.03 Å². The number of carbonyl (C=O) groups excluding carboxylic acids is 1. The summed E-state index contributed by atoms with van der Waals surface area (Å²) in [5.74, 6) is 0.719. The highest BCUT2D eigenvalue weighted by Crippen LogP contribution is 2.28. The molecule has 1 heterocycles. The Morgan fingerprint density at radius 3 is 2.95 bits per heavy atom. The topological polar surface area (TPSA) is 72.9 Å². The zero-order chi connectivity index (χ0) is 14.0. The van der Waals surface area contributed by atoms with E-state index in [0.29, 0.717) is 23.6 Å². The van der Waals surface area contributed by atoms with Crippen LogP contribution in [0.3, 0.4) is 0 Å². The minimum Gasteiger partial charge on any atom is -0.352 e. The fourth-order valence-corrected chi connectivity index (χ4v) is 2.34. The molecule has 0 aliphatic heterocycles. The first-order valence-corrected chi connectivity index (χ1v) is 6.64. The summed E-state index contributed by atoms with van der Waals surface area (Å²) in [6.07, 6.45) is 0. The maximum Gasteiger partial charge on any atom is 0.312 e. The molecular weight excluding hydrogens is 287 g/mol. The molecule has 2 rings (SSSR count). The molecule has 0 aliphatic rings. The molecule has 2 aromatic rings. The fourth-order valence-electron chi connectivity index (χ4n) is 1.96. The molecule has 1 aromatic heterocycles. The van der Waals surface area contributed by atoms with Crippen LogP contribution in [0, 0.1) is 0 Å². The van der Waals surface area contributed by atoms with Gasteiger partial charge < -0.3 is 15.6 Å². The van der Waals surface area contributed by atoms with E-state index in [0.717, 1.165) is 11.3 Å². The Bertz CT molecular complexity index is 609. The summed E-state index contributed by atoms with van der Waals surface area (Å²) in [6, 6.07) is 5.00. The van der Waals surface area contributed by atoms with Crippen molar-refractivity contribution in [1.82, 2.24) is 14.9 Å².